The van der Waals surface area contributed by atoms with Crippen molar-refractivity contribution < 1.29 is 18.3 Å². The fraction of sp³-hybridized carbons (Fsp3) is 0.462. The Labute approximate surface area is 104 Å². The lowest BCUT2D eigenvalue weighted by atomic mass is 9.94. The zero-order valence-electron chi connectivity index (χ0n) is 10.1. The molecule has 0 radical (unpaired) electrons. The van der Waals surface area contributed by atoms with Crippen molar-refractivity contribution in [1.82, 2.24) is 5.32 Å². The maximum atomic E-state index is 13.3. The van der Waals surface area contributed by atoms with E-state index >= 15 is 0 Å². The highest BCUT2D eigenvalue weighted by Crippen LogP contribution is 2.34. The molecule has 98 valence electrons. The Morgan fingerprint density at radius 1 is 1.39 bits per heavy atom. The van der Waals surface area contributed by atoms with Crippen molar-refractivity contribution in [1.29, 1.82) is 0 Å². The van der Waals surface area contributed by atoms with Crippen LogP contribution in [0.2, 0.25) is 0 Å². The molecule has 1 N–H and O–H groups in total. The second kappa shape index (κ2) is 5.02. The van der Waals surface area contributed by atoms with Crippen LogP contribution in [0.5, 0.6) is 0 Å². The molecule has 18 heavy (non-hydrogen) atoms. The number of esters is 1. The quantitative estimate of drug-likeness (QED) is 0.825. The lowest BCUT2D eigenvalue weighted by Gasteiger charge is -2.30. The standard InChI is InChI=1S/C13H15F2NO2/c1-18-12(17)10-4-2-9(3-5-10)11-8-13(14,15)6-7-16-11/h2-5,11,16H,6-8H2,1H3/t11-/m0/s1. The molecule has 1 atom stereocenters. The van der Waals surface area contributed by atoms with E-state index in [0.29, 0.717) is 12.1 Å². The molecular formula is C13H15F2NO2. The molecule has 0 spiro atoms. The van der Waals surface area contributed by atoms with E-state index in [0.717, 1.165) is 5.56 Å². The molecule has 0 aromatic heterocycles. The second-order valence-corrected chi connectivity index (χ2v) is 4.43. The summed E-state index contributed by atoms with van der Waals surface area (Å²) in [7, 11) is 1.31. The van der Waals surface area contributed by atoms with E-state index in [9.17, 15) is 13.6 Å². The van der Waals surface area contributed by atoms with Gasteiger partial charge in [-0.1, -0.05) is 12.1 Å². The Morgan fingerprint density at radius 2 is 2.06 bits per heavy atom. The molecule has 0 amide bonds. The second-order valence-electron chi connectivity index (χ2n) is 4.43. The van der Waals surface area contributed by atoms with Crippen molar-refractivity contribution in [3.8, 4) is 0 Å². The molecule has 0 aliphatic carbocycles. The summed E-state index contributed by atoms with van der Waals surface area (Å²) in [5.74, 6) is -3.04. The van der Waals surface area contributed by atoms with Gasteiger partial charge in [0.25, 0.3) is 5.92 Å². The maximum Gasteiger partial charge on any atom is 0.337 e. The Bertz CT molecular complexity index is 431. The van der Waals surface area contributed by atoms with Crippen molar-refractivity contribution in [3.63, 3.8) is 0 Å². The molecule has 0 unspecified atom stereocenters. The third-order valence-electron chi connectivity index (χ3n) is 3.12. The van der Waals surface area contributed by atoms with Gasteiger partial charge in [-0.2, -0.15) is 0 Å². The minimum atomic E-state index is -2.61. The number of alkyl halides is 2. The largest absolute Gasteiger partial charge is 0.465 e. The van der Waals surface area contributed by atoms with Gasteiger partial charge in [0.2, 0.25) is 0 Å². The van der Waals surface area contributed by atoms with Gasteiger partial charge in [0.05, 0.1) is 12.7 Å². The minimum Gasteiger partial charge on any atom is -0.465 e. The van der Waals surface area contributed by atoms with Crippen LogP contribution in [-0.4, -0.2) is 25.5 Å². The number of hydrogen-bond acceptors (Lipinski definition) is 3. The smallest absolute Gasteiger partial charge is 0.337 e. The third-order valence-corrected chi connectivity index (χ3v) is 3.12. The van der Waals surface area contributed by atoms with Crippen LogP contribution in [0.3, 0.4) is 0 Å². The van der Waals surface area contributed by atoms with E-state index in [1.165, 1.54) is 7.11 Å². The van der Waals surface area contributed by atoms with Crippen LogP contribution >= 0.6 is 0 Å². The molecule has 1 saturated heterocycles. The minimum absolute atomic E-state index is 0.121. The Kier molecular flexibility index (Phi) is 3.61. The highest BCUT2D eigenvalue weighted by atomic mass is 19.3. The summed E-state index contributed by atoms with van der Waals surface area (Å²) >= 11 is 0. The number of nitrogens with one attached hydrogen (secondary N) is 1. The van der Waals surface area contributed by atoms with Crippen molar-refractivity contribution in [2.24, 2.45) is 0 Å². The monoisotopic (exact) mass is 255 g/mol. The molecule has 1 aliphatic heterocycles. The van der Waals surface area contributed by atoms with Crippen LogP contribution in [-0.2, 0) is 4.74 Å². The summed E-state index contributed by atoms with van der Waals surface area (Å²) < 4.78 is 31.2. The van der Waals surface area contributed by atoms with Crippen molar-refractivity contribution >= 4 is 5.97 Å². The highest BCUT2D eigenvalue weighted by molar-refractivity contribution is 5.89. The summed E-state index contributed by atoms with van der Waals surface area (Å²) in [4.78, 5) is 11.2. The van der Waals surface area contributed by atoms with Gasteiger partial charge < -0.3 is 10.1 Å². The SMILES string of the molecule is COC(=O)c1ccc([C@@H]2CC(F)(F)CCN2)cc1. The predicted molar refractivity (Wildman–Crippen MR) is 62.7 cm³/mol. The molecule has 0 bridgehead atoms. The van der Waals surface area contributed by atoms with Crippen molar-refractivity contribution in [2.45, 2.75) is 24.8 Å². The zero-order chi connectivity index (χ0) is 13.2. The van der Waals surface area contributed by atoms with Gasteiger partial charge in [0.1, 0.15) is 0 Å². The van der Waals surface area contributed by atoms with Crippen LogP contribution in [0, 0.1) is 0 Å². The average Bonchev–Trinajstić information content (AvgIpc) is 2.37. The summed E-state index contributed by atoms with van der Waals surface area (Å²) in [5.41, 5.74) is 1.19. The number of hydrogen-bond donors (Lipinski definition) is 1. The van der Waals surface area contributed by atoms with Gasteiger partial charge in [-0.05, 0) is 17.7 Å². The first-order chi connectivity index (χ1) is 8.52. The molecule has 1 fully saturated rings. The number of benzene rings is 1. The van der Waals surface area contributed by atoms with E-state index in [4.69, 9.17) is 0 Å². The third kappa shape index (κ3) is 2.85. The van der Waals surface area contributed by atoms with Gasteiger partial charge in [0, 0.05) is 25.4 Å². The number of halogens is 2. The molecule has 1 aromatic rings. The summed E-state index contributed by atoms with van der Waals surface area (Å²) in [6, 6.07) is 6.20. The van der Waals surface area contributed by atoms with E-state index in [1.807, 2.05) is 0 Å². The van der Waals surface area contributed by atoms with Gasteiger partial charge in [0.15, 0.2) is 0 Å². The fourth-order valence-electron chi connectivity index (χ4n) is 2.11. The number of carbonyl (C=O) groups excluding carboxylic acids is 1. The Hall–Kier alpha value is -1.49. The lowest BCUT2D eigenvalue weighted by molar-refractivity contribution is -0.0415. The fourth-order valence-corrected chi connectivity index (χ4v) is 2.11. The number of carbonyl (C=O) groups is 1. The van der Waals surface area contributed by atoms with Crippen LogP contribution in [0.4, 0.5) is 8.78 Å². The van der Waals surface area contributed by atoms with Gasteiger partial charge in [-0.25, -0.2) is 13.6 Å². The summed E-state index contributed by atoms with van der Waals surface area (Å²) in [5, 5.41) is 3.06. The first-order valence-corrected chi connectivity index (χ1v) is 5.81. The van der Waals surface area contributed by atoms with Gasteiger partial charge in [-0.3, -0.25) is 0 Å². The van der Waals surface area contributed by atoms with E-state index in [-0.39, 0.29) is 18.9 Å². The van der Waals surface area contributed by atoms with Crippen molar-refractivity contribution in [3.05, 3.63) is 35.4 Å². The molecular weight excluding hydrogens is 240 g/mol. The normalized spacial score (nSPS) is 22.5. The number of piperidine rings is 1. The number of methoxy groups -OCH3 is 1. The van der Waals surface area contributed by atoms with Gasteiger partial charge >= 0.3 is 5.97 Å². The van der Waals surface area contributed by atoms with Crippen LogP contribution < -0.4 is 5.32 Å². The van der Waals surface area contributed by atoms with Crippen molar-refractivity contribution in [2.75, 3.05) is 13.7 Å². The summed E-state index contributed by atoms with van der Waals surface area (Å²) in [6.45, 7) is 0.302. The first-order valence-electron chi connectivity index (χ1n) is 5.81. The highest BCUT2D eigenvalue weighted by Gasteiger charge is 2.36. The average molecular weight is 255 g/mol. The lowest BCUT2D eigenvalue weighted by Crippen LogP contribution is -2.38. The topological polar surface area (TPSA) is 38.3 Å². The van der Waals surface area contributed by atoms with E-state index in [2.05, 4.69) is 10.1 Å². The molecule has 5 heteroatoms. The molecule has 1 heterocycles. The maximum absolute atomic E-state index is 13.3. The summed E-state index contributed by atoms with van der Waals surface area (Å²) in [6.07, 6.45) is -0.325. The van der Waals surface area contributed by atoms with E-state index < -0.39 is 11.9 Å². The Balaban J connectivity index is 2.12. The Morgan fingerprint density at radius 3 is 2.61 bits per heavy atom. The van der Waals surface area contributed by atoms with E-state index in [1.54, 1.807) is 24.3 Å². The molecule has 2 rings (SSSR count). The number of ether oxygens (including phenoxy) is 1. The zero-order valence-corrected chi connectivity index (χ0v) is 10.1. The first kappa shape index (κ1) is 13.0. The molecule has 0 saturated carbocycles. The predicted octanol–water partition coefficient (Wildman–Crippen LogP) is 2.53. The molecule has 1 aromatic carbocycles. The van der Waals surface area contributed by atoms with Crippen LogP contribution in [0.1, 0.15) is 34.8 Å². The van der Waals surface area contributed by atoms with Gasteiger partial charge in [-0.15, -0.1) is 0 Å². The molecule has 3 nitrogen and oxygen atoms in total. The number of rotatable bonds is 2. The molecule has 1 aliphatic rings. The van der Waals surface area contributed by atoms with Crippen LogP contribution in [0.25, 0.3) is 0 Å². The van der Waals surface area contributed by atoms with Crippen LogP contribution in [0.15, 0.2) is 24.3 Å².